The molecule has 88 valence electrons. The molecule has 2 heterocycles. The molecule has 0 aliphatic carbocycles. The van der Waals surface area contributed by atoms with E-state index in [2.05, 4.69) is 5.32 Å². The highest BCUT2D eigenvalue weighted by Crippen LogP contribution is 2.42. The summed E-state index contributed by atoms with van der Waals surface area (Å²) in [7, 11) is 0. The van der Waals surface area contributed by atoms with Crippen LogP contribution in [0.1, 0.15) is 32.1 Å². The first kappa shape index (κ1) is 10.9. The standard InChI is InChI=1S/C10H15N3O3/c11-9(16)12-6-5-10-3-1-7(14)13(10)8(15)2-4-10/h1-6H2,(H3,11,12,16). The van der Waals surface area contributed by atoms with Crippen LogP contribution in [-0.4, -0.2) is 34.8 Å². The van der Waals surface area contributed by atoms with Crippen LogP contribution in [0.15, 0.2) is 0 Å². The van der Waals surface area contributed by atoms with Gasteiger partial charge in [0.05, 0.1) is 5.54 Å². The highest BCUT2D eigenvalue weighted by atomic mass is 16.2. The fourth-order valence-corrected chi connectivity index (χ4v) is 2.70. The van der Waals surface area contributed by atoms with Gasteiger partial charge in [0.15, 0.2) is 0 Å². The number of primary amides is 1. The molecule has 2 aliphatic rings. The van der Waals surface area contributed by atoms with Gasteiger partial charge < -0.3 is 11.1 Å². The van der Waals surface area contributed by atoms with Crippen LogP contribution in [0.3, 0.4) is 0 Å². The average Bonchev–Trinajstić information content (AvgIpc) is 2.68. The minimum atomic E-state index is -0.573. The summed E-state index contributed by atoms with van der Waals surface area (Å²) >= 11 is 0. The van der Waals surface area contributed by atoms with Crippen molar-refractivity contribution in [3.63, 3.8) is 0 Å². The smallest absolute Gasteiger partial charge is 0.312 e. The van der Waals surface area contributed by atoms with Gasteiger partial charge in [0, 0.05) is 19.4 Å². The maximum absolute atomic E-state index is 11.6. The molecule has 2 saturated heterocycles. The van der Waals surface area contributed by atoms with Gasteiger partial charge >= 0.3 is 6.03 Å². The molecule has 0 spiro atoms. The van der Waals surface area contributed by atoms with Crippen LogP contribution in [0.2, 0.25) is 0 Å². The summed E-state index contributed by atoms with van der Waals surface area (Å²) in [4.78, 5) is 35.1. The van der Waals surface area contributed by atoms with Gasteiger partial charge in [-0.2, -0.15) is 0 Å². The second-order valence-electron chi connectivity index (χ2n) is 4.39. The molecule has 0 aromatic rings. The number of nitrogens with zero attached hydrogens (tertiary/aromatic N) is 1. The quantitative estimate of drug-likeness (QED) is 0.647. The fourth-order valence-electron chi connectivity index (χ4n) is 2.70. The molecule has 6 heteroatoms. The Morgan fingerprint density at radius 1 is 1.31 bits per heavy atom. The number of imide groups is 1. The van der Waals surface area contributed by atoms with E-state index >= 15 is 0 Å². The summed E-state index contributed by atoms with van der Waals surface area (Å²) in [6.45, 7) is 0.409. The van der Waals surface area contributed by atoms with Crippen molar-refractivity contribution in [3.8, 4) is 0 Å². The van der Waals surface area contributed by atoms with Crippen LogP contribution in [-0.2, 0) is 9.59 Å². The zero-order chi connectivity index (χ0) is 11.8. The SMILES string of the molecule is NC(=O)NCCC12CCC(=O)N1C(=O)CC2. The van der Waals surface area contributed by atoms with Gasteiger partial charge in [-0.15, -0.1) is 0 Å². The lowest BCUT2D eigenvalue weighted by molar-refractivity contribution is -0.142. The molecule has 6 nitrogen and oxygen atoms in total. The third-order valence-electron chi connectivity index (χ3n) is 3.47. The predicted octanol–water partition coefficient (Wildman–Crippen LogP) is -0.274. The van der Waals surface area contributed by atoms with Crippen LogP contribution in [0.25, 0.3) is 0 Å². The number of urea groups is 1. The summed E-state index contributed by atoms with van der Waals surface area (Å²) in [6.07, 6.45) is 2.88. The highest BCUT2D eigenvalue weighted by Gasteiger charge is 2.52. The fraction of sp³-hybridized carbons (Fsp3) is 0.700. The van der Waals surface area contributed by atoms with E-state index in [9.17, 15) is 14.4 Å². The van der Waals surface area contributed by atoms with Gasteiger partial charge in [-0.25, -0.2) is 4.79 Å². The Hall–Kier alpha value is -1.59. The number of hydrogen-bond donors (Lipinski definition) is 2. The van der Waals surface area contributed by atoms with Gasteiger partial charge in [-0.3, -0.25) is 14.5 Å². The van der Waals surface area contributed by atoms with Crippen LogP contribution in [0.5, 0.6) is 0 Å². The number of nitrogens with one attached hydrogen (secondary N) is 1. The maximum Gasteiger partial charge on any atom is 0.312 e. The first-order valence-corrected chi connectivity index (χ1v) is 5.44. The molecule has 2 aliphatic heterocycles. The summed E-state index contributed by atoms with van der Waals surface area (Å²) < 4.78 is 0. The van der Waals surface area contributed by atoms with E-state index in [1.165, 1.54) is 4.90 Å². The van der Waals surface area contributed by atoms with Crippen molar-refractivity contribution in [2.45, 2.75) is 37.6 Å². The van der Waals surface area contributed by atoms with E-state index in [1.54, 1.807) is 0 Å². The Labute approximate surface area is 93.1 Å². The molecule has 0 bridgehead atoms. The average molecular weight is 225 g/mol. The number of amides is 4. The molecule has 2 fully saturated rings. The van der Waals surface area contributed by atoms with Crippen LogP contribution < -0.4 is 11.1 Å². The van der Waals surface area contributed by atoms with Crippen molar-refractivity contribution in [3.05, 3.63) is 0 Å². The summed E-state index contributed by atoms with van der Waals surface area (Å²) in [6, 6.07) is -0.573. The number of carbonyl (C=O) groups excluding carboxylic acids is 3. The Balaban J connectivity index is 2.03. The Morgan fingerprint density at radius 3 is 2.38 bits per heavy atom. The number of carbonyl (C=O) groups is 3. The monoisotopic (exact) mass is 225 g/mol. The van der Waals surface area contributed by atoms with Crippen molar-refractivity contribution < 1.29 is 14.4 Å². The van der Waals surface area contributed by atoms with E-state index in [4.69, 9.17) is 5.73 Å². The van der Waals surface area contributed by atoms with Crippen molar-refractivity contribution in [2.75, 3.05) is 6.54 Å². The molecule has 4 amide bonds. The number of hydrogen-bond acceptors (Lipinski definition) is 3. The Kier molecular flexibility index (Phi) is 2.57. The molecule has 3 N–H and O–H groups in total. The van der Waals surface area contributed by atoms with E-state index in [1.807, 2.05) is 0 Å². The topological polar surface area (TPSA) is 92.5 Å². The first-order chi connectivity index (χ1) is 7.55. The number of fused-ring (bicyclic) bond motifs is 1. The Bertz CT molecular complexity index is 333. The van der Waals surface area contributed by atoms with Crippen molar-refractivity contribution >= 4 is 17.8 Å². The highest BCUT2D eigenvalue weighted by molar-refractivity contribution is 5.99. The van der Waals surface area contributed by atoms with E-state index < -0.39 is 6.03 Å². The normalized spacial score (nSPS) is 22.4. The van der Waals surface area contributed by atoms with E-state index in [0.717, 1.165) is 0 Å². The summed E-state index contributed by atoms with van der Waals surface area (Å²) in [5, 5.41) is 2.50. The second kappa shape index (κ2) is 3.77. The molecule has 0 atom stereocenters. The molecule has 0 aromatic heterocycles. The zero-order valence-corrected chi connectivity index (χ0v) is 8.99. The van der Waals surface area contributed by atoms with Gasteiger partial charge in [-0.1, -0.05) is 0 Å². The third kappa shape index (κ3) is 1.64. The Morgan fingerprint density at radius 2 is 1.88 bits per heavy atom. The maximum atomic E-state index is 11.6. The molecular weight excluding hydrogens is 210 g/mol. The molecule has 0 unspecified atom stereocenters. The number of nitrogens with two attached hydrogens (primary N) is 1. The van der Waals surface area contributed by atoms with Gasteiger partial charge in [0.2, 0.25) is 11.8 Å². The molecule has 2 rings (SSSR count). The minimum Gasteiger partial charge on any atom is -0.352 e. The molecule has 0 saturated carbocycles. The van der Waals surface area contributed by atoms with Gasteiger partial charge in [0.1, 0.15) is 0 Å². The largest absolute Gasteiger partial charge is 0.352 e. The van der Waals surface area contributed by atoms with Crippen molar-refractivity contribution in [2.24, 2.45) is 5.73 Å². The predicted molar refractivity (Wildman–Crippen MR) is 55.3 cm³/mol. The summed E-state index contributed by atoms with van der Waals surface area (Å²) in [5.41, 5.74) is 4.62. The molecular formula is C10H15N3O3. The van der Waals surface area contributed by atoms with Gasteiger partial charge in [0.25, 0.3) is 0 Å². The van der Waals surface area contributed by atoms with Crippen molar-refractivity contribution in [1.29, 1.82) is 0 Å². The molecule has 16 heavy (non-hydrogen) atoms. The third-order valence-corrected chi connectivity index (χ3v) is 3.47. The lowest BCUT2D eigenvalue weighted by Gasteiger charge is -2.30. The number of rotatable bonds is 3. The van der Waals surface area contributed by atoms with Gasteiger partial charge in [-0.05, 0) is 19.3 Å². The molecule has 0 radical (unpaired) electrons. The minimum absolute atomic E-state index is 0.0819. The lowest BCUT2D eigenvalue weighted by Crippen LogP contribution is -2.45. The second-order valence-corrected chi connectivity index (χ2v) is 4.39. The first-order valence-electron chi connectivity index (χ1n) is 5.44. The van der Waals surface area contributed by atoms with Crippen LogP contribution in [0, 0.1) is 0 Å². The van der Waals surface area contributed by atoms with E-state index in [0.29, 0.717) is 38.6 Å². The zero-order valence-electron chi connectivity index (χ0n) is 8.99. The molecule has 0 aromatic carbocycles. The van der Waals surface area contributed by atoms with Crippen LogP contribution >= 0.6 is 0 Å². The van der Waals surface area contributed by atoms with Crippen molar-refractivity contribution in [1.82, 2.24) is 10.2 Å². The summed E-state index contributed by atoms with van der Waals surface area (Å²) in [5.74, 6) is -0.164. The lowest BCUT2D eigenvalue weighted by atomic mass is 9.90. The van der Waals surface area contributed by atoms with Crippen LogP contribution in [0.4, 0.5) is 4.79 Å². The van der Waals surface area contributed by atoms with E-state index in [-0.39, 0.29) is 17.4 Å².